The van der Waals surface area contributed by atoms with E-state index in [1.165, 1.54) is 12.4 Å². The summed E-state index contributed by atoms with van der Waals surface area (Å²) < 4.78 is 38.0. The van der Waals surface area contributed by atoms with Crippen molar-refractivity contribution in [2.24, 2.45) is 0 Å². The van der Waals surface area contributed by atoms with Gasteiger partial charge in [-0.1, -0.05) is 0 Å². The molecule has 0 saturated carbocycles. The van der Waals surface area contributed by atoms with Crippen LogP contribution < -0.4 is 5.46 Å². The van der Waals surface area contributed by atoms with Crippen LogP contribution in [0.5, 0.6) is 0 Å². The minimum Gasteiger partial charge on any atom is -0.465 e. The lowest BCUT2D eigenvalue weighted by Crippen LogP contribution is -2.41. The number of carbonyl (C=O) groups is 1. The second-order valence-corrected chi connectivity index (χ2v) is 9.49. The Morgan fingerprint density at radius 3 is 2.44 bits per heavy atom. The van der Waals surface area contributed by atoms with Gasteiger partial charge in [-0.15, -0.1) is 0 Å². The Morgan fingerprint density at radius 2 is 1.92 bits per heavy atom. The van der Waals surface area contributed by atoms with Gasteiger partial charge in [0, 0.05) is 30.9 Å². The summed E-state index contributed by atoms with van der Waals surface area (Å²) in [6, 6.07) is 0. The van der Waals surface area contributed by atoms with Gasteiger partial charge in [0.15, 0.2) is 0 Å². The zero-order valence-corrected chi connectivity index (χ0v) is 15.5. The Morgan fingerprint density at radius 1 is 1.32 bits per heavy atom. The number of carboxylic acid groups (broad SMARTS) is 1. The fourth-order valence-corrected chi connectivity index (χ4v) is 4.38. The van der Waals surface area contributed by atoms with Crippen LogP contribution >= 0.6 is 0 Å². The summed E-state index contributed by atoms with van der Waals surface area (Å²) in [5.41, 5.74) is -0.562. The number of aromatic nitrogens is 2. The molecule has 1 atom stereocenters. The van der Waals surface area contributed by atoms with Crippen molar-refractivity contribution in [1.82, 2.24) is 14.1 Å². The lowest BCUT2D eigenvalue weighted by atomic mass is 9.82. The number of hydrogen-bond acceptors (Lipinski definition) is 6. The molecule has 0 radical (unpaired) electrons. The average molecular weight is 371 g/mol. The highest BCUT2D eigenvalue weighted by atomic mass is 32.2. The van der Waals surface area contributed by atoms with Crippen molar-refractivity contribution < 1.29 is 27.6 Å². The molecule has 1 aromatic rings. The molecular weight excluding hydrogens is 349 g/mol. The smallest absolute Gasteiger partial charge is 0.465 e. The van der Waals surface area contributed by atoms with Gasteiger partial charge in [-0.3, -0.25) is 0 Å². The molecule has 11 heteroatoms. The van der Waals surface area contributed by atoms with Gasteiger partial charge in [-0.2, -0.15) is 9.19 Å². The van der Waals surface area contributed by atoms with E-state index >= 15 is 0 Å². The second-order valence-electron chi connectivity index (χ2n) is 7.42. The molecule has 0 bridgehead atoms. The Labute approximate surface area is 147 Å². The maximum atomic E-state index is 12.7. The lowest BCUT2D eigenvalue weighted by Gasteiger charge is -2.32. The van der Waals surface area contributed by atoms with Crippen LogP contribution in [0.2, 0.25) is 0 Å². The molecule has 1 amide bonds. The molecule has 1 unspecified atom stereocenters. The van der Waals surface area contributed by atoms with Crippen LogP contribution in [0.3, 0.4) is 0 Å². The molecule has 3 rings (SSSR count). The Bertz CT molecular complexity index is 774. The van der Waals surface area contributed by atoms with Gasteiger partial charge in [-0.25, -0.2) is 13.2 Å². The molecule has 25 heavy (non-hydrogen) atoms. The monoisotopic (exact) mass is 371 g/mol. The van der Waals surface area contributed by atoms with E-state index in [1.54, 1.807) is 0 Å². The largest absolute Gasteiger partial charge is 0.498 e. The molecule has 138 valence electrons. The van der Waals surface area contributed by atoms with Crippen LogP contribution in [0.25, 0.3) is 0 Å². The minimum absolute atomic E-state index is 0.0522. The molecule has 0 spiro atoms. The highest BCUT2D eigenvalue weighted by Crippen LogP contribution is 2.36. The van der Waals surface area contributed by atoms with Gasteiger partial charge in [0.2, 0.25) is 0 Å². The first kappa shape index (κ1) is 18.2. The predicted octanol–water partition coefficient (Wildman–Crippen LogP) is 0.113. The fourth-order valence-electron chi connectivity index (χ4n) is 2.86. The van der Waals surface area contributed by atoms with Gasteiger partial charge in [0.05, 0.1) is 11.2 Å². The van der Waals surface area contributed by atoms with E-state index in [2.05, 4.69) is 5.10 Å². The van der Waals surface area contributed by atoms with Crippen LogP contribution in [-0.4, -0.2) is 70.4 Å². The van der Waals surface area contributed by atoms with E-state index in [0.29, 0.717) is 5.46 Å². The van der Waals surface area contributed by atoms with Crippen LogP contribution in [0.15, 0.2) is 12.4 Å². The van der Waals surface area contributed by atoms with Crippen LogP contribution in [0, 0.1) is 0 Å². The van der Waals surface area contributed by atoms with Crippen molar-refractivity contribution in [3.8, 4) is 0 Å². The number of rotatable bonds is 3. The third-order valence-electron chi connectivity index (χ3n) is 5.20. The Balaban J connectivity index is 1.79. The van der Waals surface area contributed by atoms with E-state index in [-0.39, 0.29) is 19.5 Å². The summed E-state index contributed by atoms with van der Waals surface area (Å²) in [7, 11) is -4.48. The predicted molar refractivity (Wildman–Crippen MR) is 90.3 cm³/mol. The van der Waals surface area contributed by atoms with E-state index in [9.17, 15) is 13.2 Å². The Hall–Kier alpha value is -1.59. The molecule has 2 aliphatic heterocycles. The van der Waals surface area contributed by atoms with Crippen LogP contribution in [0.1, 0.15) is 34.1 Å². The van der Waals surface area contributed by atoms with Crippen molar-refractivity contribution in [3.05, 3.63) is 12.4 Å². The van der Waals surface area contributed by atoms with Gasteiger partial charge < -0.3 is 19.3 Å². The van der Waals surface area contributed by atoms with Crippen molar-refractivity contribution in [3.63, 3.8) is 0 Å². The zero-order valence-electron chi connectivity index (χ0n) is 14.7. The topological polar surface area (TPSA) is 111 Å². The molecule has 1 aromatic heterocycles. The highest BCUT2D eigenvalue weighted by molar-refractivity contribution is 7.90. The van der Waals surface area contributed by atoms with Crippen LogP contribution in [-0.2, 0) is 19.3 Å². The maximum Gasteiger partial charge on any atom is 0.498 e. The first-order valence-corrected chi connectivity index (χ1v) is 9.57. The molecule has 9 nitrogen and oxygen atoms in total. The molecule has 2 saturated heterocycles. The van der Waals surface area contributed by atoms with E-state index in [4.69, 9.17) is 14.4 Å². The molecule has 1 N–H and O–H groups in total. The van der Waals surface area contributed by atoms with Crippen molar-refractivity contribution in [2.45, 2.75) is 50.6 Å². The molecule has 2 fully saturated rings. The summed E-state index contributed by atoms with van der Waals surface area (Å²) in [6.07, 6.45) is 1.92. The summed E-state index contributed by atoms with van der Waals surface area (Å²) in [4.78, 5) is 12.1. The summed E-state index contributed by atoms with van der Waals surface area (Å²) in [5.74, 6) is 0. The SMILES string of the molecule is CC1(C)OB(c2cnn(S(=O)(=O)C3CCN(C(=O)O)C3)c2)OC1(C)C. The molecular formula is C14H22BN3O6S. The van der Waals surface area contributed by atoms with Gasteiger partial charge in [-0.05, 0) is 34.1 Å². The van der Waals surface area contributed by atoms with Gasteiger partial charge in [0.25, 0.3) is 10.0 Å². The quantitative estimate of drug-likeness (QED) is 0.751. The van der Waals surface area contributed by atoms with Crippen molar-refractivity contribution in [1.29, 1.82) is 0 Å². The lowest BCUT2D eigenvalue weighted by molar-refractivity contribution is 0.00578. The first-order chi connectivity index (χ1) is 11.4. The van der Waals surface area contributed by atoms with E-state index in [0.717, 1.165) is 8.99 Å². The second kappa shape index (κ2) is 5.71. The number of amides is 1. The first-order valence-electron chi connectivity index (χ1n) is 8.06. The average Bonchev–Trinajstić information content (AvgIpc) is 3.18. The maximum absolute atomic E-state index is 12.7. The zero-order chi connectivity index (χ0) is 18.6. The summed E-state index contributed by atoms with van der Waals surface area (Å²) >= 11 is 0. The fraction of sp³-hybridized carbons (Fsp3) is 0.714. The third-order valence-corrected chi connectivity index (χ3v) is 7.15. The standard InChI is InChI=1S/C14H22BN3O6S/c1-13(2)14(3,4)24-15(23-13)10-7-16-18(8-10)25(21,22)11-5-6-17(9-11)12(19)20/h7-8,11H,5-6,9H2,1-4H3,(H,19,20). The number of hydrogen-bond donors (Lipinski definition) is 1. The number of nitrogens with zero attached hydrogens (tertiary/aromatic N) is 3. The molecule has 2 aliphatic rings. The van der Waals surface area contributed by atoms with Crippen LogP contribution in [0.4, 0.5) is 4.79 Å². The summed E-state index contributed by atoms with van der Waals surface area (Å²) in [5, 5.41) is 12.1. The van der Waals surface area contributed by atoms with Crippen molar-refractivity contribution in [2.75, 3.05) is 13.1 Å². The van der Waals surface area contributed by atoms with E-state index < -0.39 is 39.7 Å². The molecule has 3 heterocycles. The molecule has 0 aliphatic carbocycles. The minimum atomic E-state index is -3.78. The van der Waals surface area contributed by atoms with Gasteiger partial charge in [0.1, 0.15) is 5.25 Å². The number of likely N-dealkylation sites (tertiary alicyclic amines) is 1. The Kier molecular flexibility index (Phi) is 4.16. The molecule has 0 aromatic carbocycles. The summed E-state index contributed by atoms with van der Waals surface area (Å²) in [6.45, 7) is 7.79. The highest BCUT2D eigenvalue weighted by Gasteiger charge is 2.52. The van der Waals surface area contributed by atoms with E-state index in [1.807, 2.05) is 27.7 Å². The third kappa shape index (κ3) is 3.04. The van der Waals surface area contributed by atoms with Gasteiger partial charge >= 0.3 is 13.2 Å². The normalized spacial score (nSPS) is 25.5. The van der Waals surface area contributed by atoms with Crippen molar-refractivity contribution >= 4 is 28.7 Å².